The molecule has 0 radical (unpaired) electrons. The molecular weight excluding hydrogens is 352 g/mol. The molecule has 0 aliphatic rings. The van der Waals surface area contributed by atoms with E-state index in [9.17, 15) is 13.2 Å². The van der Waals surface area contributed by atoms with Crippen LogP contribution in [0.3, 0.4) is 0 Å². The van der Waals surface area contributed by atoms with Gasteiger partial charge in [0.15, 0.2) is 0 Å². The van der Waals surface area contributed by atoms with E-state index < -0.39 is 10.0 Å². The van der Waals surface area contributed by atoms with Crippen molar-refractivity contribution in [2.75, 3.05) is 22.9 Å². The van der Waals surface area contributed by atoms with E-state index in [1.165, 1.54) is 0 Å². The number of sulfonamides is 1. The number of carbonyl (C=O) groups excluding carboxylic acids is 1. The van der Waals surface area contributed by atoms with E-state index in [0.29, 0.717) is 29.1 Å². The first-order chi connectivity index (χ1) is 12.3. The molecule has 2 aromatic carbocycles. The summed E-state index contributed by atoms with van der Waals surface area (Å²) in [5, 5.41) is 2.84. The molecule has 26 heavy (non-hydrogen) atoms. The van der Waals surface area contributed by atoms with Gasteiger partial charge in [-0.25, -0.2) is 8.42 Å². The van der Waals surface area contributed by atoms with Crippen LogP contribution >= 0.6 is 0 Å². The average molecular weight is 376 g/mol. The first kappa shape index (κ1) is 19.8. The van der Waals surface area contributed by atoms with E-state index in [-0.39, 0.29) is 18.1 Å². The Balaban J connectivity index is 2.11. The zero-order valence-electron chi connectivity index (χ0n) is 15.2. The van der Waals surface area contributed by atoms with Crippen LogP contribution < -0.4 is 14.8 Å². The van der Waals surface area contributed by atoms with Crippen LogP contribution in [0.1, 0.15) is 24.5 Å². The third kappa shape index (κ3) is 5.49. The normalized spacial score (nSPS) is 11.0. The van der Waals surface area contributed by atoms with Gasteiger partial charge < -0.3 is 10.1 Å². The monoisotopic (exact) mass is 376 g/mol. The van der Waals surface area contributed by atoms with Gasteiger partial charge in [0.05, 0.1) is 25.0 Å². The van der Waals surface area contributed by atoms with Crippen molar-refractivity contribution in [3.63, 3.8) is 0 Å². The minimum Gasteiger partial charge on any atom is -0.497 e. The van der Waals surface area contributed by atoms with Crippen LogP contribution in [0.4, 0.5) is 11.4 Å². The van der Waals surface area contributed by atoms with Gasteiger partial charge in [-0.15, -0.1) is 0 Å². The predicted molar refractivity (Wildman–Crippen MR) is 104 cm³/mol. The number of methoxy groups -OCH3 is 1. The Bertz CT molecular complexity index is 879. The van der Waals surface area contributed by atoms with Crippen LogP contribution in [0.25, 0.3) is 0 Å². The van der Waals surface area contributed by atoms with Crippen molar-refractivity contribution in [1.29, 1.82) is 0 Å². The van der Waals surface area contributed by atoms with Gasteiger partial charge >= 0.3 is 0 Å². The Morgan fingerprint density at radius 1 is 1.12 bits per heavy atom. The quantitative estimate of drug-likeness (QED) is 0.740. The maximum Gasteiger partial charge on any atom is 0.232 e. The average Bonchev–Trinajstić information content (AvgIpc) is 2.58. The molecule has 0 aromatic heterocycles. The lowest BCUT2D eigenvalue weighted by Gasteiger charge is -2.14. The molecule has 0 aliphatic heterocycles. The maximum atomic E-state index is 12.3. The number of carbonyl (C=O) groups is 1. The van der Waals surface area contributed by atoms with Crippen molar-refractivity contribution in [1.82, 2.24) is 0 Å². The number of hydrogen-bond donors (Lipinski definition) is 2. The molecule has 0 saturated heterocycles. The first-order valence-corrected chi connectivity index (χ1v) is 10.0. The standard InChI is InChI=1S/C19H24N2O4S/c1-4-11-26(23,24)21-18-10-6-9-17(14(18)2)20-19(22)13-15-7-5-8-16(12-15)25-3/h5-10,12,21H,4,11,13H2,1-3H3,(H,20,22). The minimum atomic E-state index is -3.39. The van der Waals surface area contributed by atoms with Crippen molar-refractivity contribution in [3.8, 4) is 5.75 Å². The molecule has 140 valence electrons. The fraction of sp³-hybridized carbons (Fsp3) is 0.316. The van der Waals surface area contributed by atoms with Crippen LogP contribution in [0, 0.1) is 6.92 Å². The molecule has 0 aliphatic carbocycles. The summed E-state index contributed by atoms with van der Waals surface area (Å²) in [4.78, 5) is 12.3. The predicted octanol–water partition coefficient (Wildman–Crippen LogP) is 3.34. The van der Waals surface area contributed by atoms with E-state index in [1.807, 2.05) is 24.3 Å². The maximum absolute atomic E-state index is 12.3. The zero-order valence-corrected chi connectivity index (χ0v) is 16.0. The second-order valence-electron chi connectivity index (χ2n) is 5.98. The molecule has 2 aromatic rings. The molecule has 2 rings (SSSR count). The first-order valence-electron chi connectivity index (χ1n) is 8.37. The Hall–Kier alpha value is -2.54. The Labute approximate surface area is 154 Å². The van der Waals surface area contributed by atoms with Gasteiger partial charge in [-0.3, -0.25) is 9.52 Å². The fourth-order valence-corrected chi connectivity index (χ4v) is 3.73. The number of nitrogens with one attached hydrogen (secondary N) is 2. The fourth-order valence-electron chi connectivity index (χ4n) is 2.53. The van der Waals surface area contributed by atoms with Gasteiger partial charge in [-0.05, 0) is 48.7 Å². The summed E-state index contributed by atoms with van der Waals surface area (Å²) in [5.41, 5.74) is 2.55. The van der Waals surface area contributed by atoms with Crippen LogP contribution in [-0.2, 0) is 21.2 Å². The number of rotatable bonds is 8. The molecule has 7 heteroatoms. The number of ether oxygens (including phenoxy) is 1. The molecule has 0 spiro atoms. The second-order valence-corrected chi connectivity index (χ2v) is 7.82. The molecule has 0 bridgehead atoms. The van der Waals surface area contributed by atoms with E-state index in [4.69, 9.17) is 4.74 Å². The van der Waals surface area contributed by atoms with Gasteiger partial charge in [-0.2, -0.15) is 0 Å². The molecule has 0 saturated carbocycles. The summed E-state index contributed by atoms with van der Waals surface area (Å²) in [6.45, 7) is 3.58. The van der Waals surface area contributed by atoms with Crippen molar-refractivity contribution in [2.24, 2.45) is 0 Å². The van der Waals surface area contributed by atoms with Crippen molar-refractivity contribution >= 4 is 27.3 Å². The van der Waals surface area contributed by atoms with Gasteiger partial charge in [-0.1, -0.05) is 25.1 Å². The topological polar surface area (TPSA) is 84.5 Å². The van der Waals surface area contributed by atoms with Gasteiger partial charge in [0.1, 0.15) is 5.75 Å². The lowest BCUT2D eigenvalue weighted by atomic mass is 10.1. The van der Waals surface area contributed by atoms with Crippen LogP contribution in [0.15, 0.2) is 42.5 Å². The van der Waals surface area contributed by atoms with Crippen LogP contribution in [-0.4, -0.2) is 27.2 Å². The lowest BCUT2D eigenvalue weighted by molar-refractivity contribution is -0.115. The summed E-state index contributed by atoms with van der Waals surface area (Å²) >= 11 is 0. The van der Waals surface area contributed by atoms with E-state index in [2.05, 4.69) is 10.0 Å². The summed E-state index contributed by atoms with van der Waals surface area (Å²) in [5.74, 6) is 0.563. The Kier molecular flexibility index (Phi) is 6.63. The largest absolute Gasteiger partial charge is 0.497 e. The van der Waals surface area contributed by atoms with Crippen LogP contribution in [0.2, 0.25) is 0 Å². The summed E-state index contributed by atoms with van der Waals surface area (Å²) in [7, 11) is -1.81. The van der Waals surface area contributed by atoms with Crippen molar-refractivity contribution < 1.29 is 17.9 Å². The van der Waals surface area contributed by atoms with E-state index in [0.717, 1.165) is 5.56 Å². The molecule has 0 heterocycles. The highest BCUT2D eigenvalue weighted by atomic mass is 32.2. The van der Waals surface area contributed by atoms with Gasteiger partial charge in [0.2, 0.25) is 15.9 Å². The van der Waals surface area contributed by atoms with Crippen molar-refractivity contribution in [2.45, 2.75) is 26.7 Å². The second kappa shape index (κ2) is 8.71. The molecule has 0 fully saturated rings. The van der Waals surface area contributed by atoms with Gasteiger partial charge in [0, 0.05) is 5.69 Å². The highest BCUT2D eigenvalue weighted by Gasteiger charge is 2.13. The molecule has 1 amide bonds. The highest BCUT2D eigenvalue weighted by molar-refractivity contribution is 7.92. The number of amides is 1. The smallest absolute Gasteiger partial charge is 0.232 e. The summed E-state index contributed by atoms with van der Waals surface area (Å²) < 4.78 is 31.7. The number of hydrogen-bond acceptors (Lipinski definition) is 4. The Morgan fingerprint density at radius 3 is 2.50 bits per heavy atom. The highest BCUT2D eigenvalue weighted by Crippen LogP contribution is 2.25. The van der Waals surface area contributed by atoms with Crippen molar-refractivity contribution in [3.05, 3.63) is 53.6 Å². The van der Waals surface area contributed by atoms with Gasteiger partial charge in [0.25, 0.3) is 0 Å². The zero-order chi connectivity index (χ0) is 19.2. The SMILES string of the molecule is CCCS(=O)(=O)Nc1cccc(NC(=O)Cc2cccc(OC)c2)c1C. The van der Waals surface area contributed by atoms with Crippen LogP contribution in [0.5, 0.6) is 5.75 Å². The molecule has 2 N–H and O–H groups in total. The minimum absolute atomic E-state index is 0.0544. The molecule has 0 atom stereocenters. The third-order valence-corrected chi connectivity index (χ3v) is 5.32. The molecule has 6 nitrogen and oxygen atoms in total. The van der Waals surface area contributed by atoms with E-state index >= 15 is 0 Å². The van der Waals surface area contributed by atoms with E-state index in [1.54, 1.807) is 39.2 Å². The summed E-state index contributed by atoms with van der Waals surface area (Å²) in [6, 6.07) is 12.4. The lowest BCUT2D eigenvalue weighted by Crippen LogP contribution is -2.18. The third-order valence-electron chi connectivity index (χ3n) is 3.85. The summed E-state index contributed by atoms with van der Waals surface area (Å²) in [6.07, 6.45) is 0.730. The molecule has 0 unspecified atom stereocenters. The number of benzene rings is 2. The molecular formula is C19H24N2O4S. The number of anilines is 2. The Morgan fingerprint density at radius 2 is 1.81 bits per heavy atom.